The lowest BCUT2D eigenvalue weighted by atomic mass is 10.1. The van der Waals surface area contributed by atoms with Crippen molar-refractivity contribution in [2.24, 2.45) is 0 Å². The number of amides is 2. The predicted octanol–water partition coefficient (Wildman–Crippen LogP) is 2.18. The summed E-state index contributed by atoms with van der Waals surface area (Å²) < 4.78 is 42.9. The Bertz CT molecular complexity index is 1190. The first-order valence-electron chi connectivity index (χ1n) is 11.7. The third kappa shape index (κ3) is 6.60. The van der Waals surface area contributed by atoms with E-state index in [0.29, 0.717) is 43.4 Å². The molecule has 0 bridgehead atoms. The average Bonchev–Trinajstić information content (AvgIpc) is 2.86. The number of ether oxygens (including phenoxy) is 3. The number of methoxy groups -OCH3 is 1. The van der Waals surface area contributed by atoms with E-state index in [2.05, 4.69) is 5.32 Å². The van der Waals surface area contributed by atoms with Gasteiger partial charge in [-0.2, -0.15) is 0 Å². The Labute approximate surface area is 212 Å². The number of fused-ring (bicyclic) bond motifs is 1. The second kappa shape index (κ2) is 12.0. The van der Waals surface area contributed by atoms with Crippen LogP contribution in [0.25, 0.3) is 0 Å². The van der Waals surface area contributed by atoms with Crippen molar-refractivity contribution in [3.05, 3.63) is 48.0 Å². The number of sulfonamides is 1. The summed E-state index contributed by atoms with van der Waals surface area (Å²) in [5, 5.41) is 2.77. The summed E-state index contributed by atoms with van der Waals surface area (Å²) in [7, 11) is -2.31. The fraction of sp³-hybridized carbons (Fsp3) is 0.440. The standard InChI is InChI=1S/C25H33N3O7S/c1-5-21(25(30)26-6-2)27(16-18-8-7-9-20(14-18)33-3)24(29)17-28(36(4,31)32)19-10-11-22-23(15-19)35-13-12-34-22/h7-11,14-15,21H,5-6,12-13,16-17H2,1-4H3,(H,26,30)/t21-/m0/s1. The molecule has 0 unspecified atom stereocenters. The number of carbonyl (C=O) groups excluding carboxylic acids is 2. The van der Waals surface area contributed by atoms with Gasteiger partial charge >= 0.3 is 0 Å². The summed E-state index contributed by atoms with van der Waals surface area (Å²) in [4.78, 5) is 28.0. The van der Waals surface area contributed by atoms with Crippen molar-refractivity contribution in [3.63, 3.8) is 0 Å². The molecule has 3 rings (SSSR count). The minimum absolute atomic E-state index is 0.102. The van der Waals surface area contributed by atoms with Crippen LogP contribution >= 0.6 is 0 Å². The van der Waals surface area contributed by atoms with Crippen LogP contribution in [0.5, 0.6) is 17.2 Å². The van der Waals surface area contributed by atoms with E-state index in [1.165, 1.54) is 11.0 Å². The van der Waals surface area contributed by atoms with E-state index in [0.717, 1.165) is 16.1 Å². The van der Waals surface area contributed by atoms with Crippen LogP contribution in [-0.4, -0.2) is 70.8 Å². The van der Waals surface area contributed by atoms with Crippen LogP contribution in [0, 0.1) is 0 Å². The lowest BCUT2D eigenvalue weighted by Gasteiger charge is -2.33. The number of carbonyl (C=O) groups is 2. The van der Waals surface area contributed by atoms with E-state index in [4.69, 9.17) is 14.2 Å². The van der Waals surface area contributed by atoms with Gasteiger partial charge in [-0.05, 0) is 43.2 Å². The van der Waals surface area contributed by atoms with Gasteiger partial charge in [-0.15, -0.1) is 0 Å². The lowest BCUT2D eigenvalue weighted by molar-refractivity contribution is -0.140. The van der Waals surface area contributed by atoms with Crippen LogP contribution < -0.4 is 23.8 Å². The smallest absolute Gasteiger partial charge is 0.244 e. The van der Waals surface area contributed by atoms with Crippen molar-refractivity contribution in [1.29, 1.82) is 0 Å². The fourth-order valence-electron chi connectivity index (χ4n) is 3.98. The fourth-order valence-corrected chi connectivity index (χ4v) is 4.82. The Kier molecular flexibility index (Phi) is 9.03. The molecule has 0 fully saturated rings. The Balaban J connectivity index is 1.95. The van der Waals surface area contributed by atoms with Crippen LogP contribution in [0.4, 0.5) is 5.69 Å². The first kappa shape index (κ1) is 27.1. The maximum Gasteiger partial charge on any atom is 0.244 e. The highest BCUT2D eigenvalue weighted by molar-refractivity contribution is 7.92. The molecular weight excluding hydrogens is 486 g/mol. The van der Waals surface area contributed by atoms with Gasteiger partial charge < -0.3 is 24.4 Å². The zero-order valence-corrected chi connectivity index (χ0v) is 21.8. The molecule has 11 heteroatoms. The molecule has 0 aliphatic carbocycles. The minimum atomic E-state index is -3.85. The van der Waals surface area contributed by atoms with Gasteiger partial charge in [0.25, 0.3) is 0 Å². The number of benzene rings is 2. The van der Waals surface area contributed by atoms with Crippen LogP contribution in [0.2, 0.25) is 0 Å². The van der Waals surface area contributed by atoms with E-state index >= 15 is 0 Å². The molecule has 1 N–H and O–H groups in total. The van der Waals surface area contributed by atoms with E-state index in [1.807, 2.05) is 6.07 Å². The molecule has 0 spiro atoms. The zero-order chi connectivity index (χ0) is 26.3. The van der Waals surface area contributed by atoms with Gasteiger partial charge in [0.1, 0.15) is 31.5 Å². The summed E-state index contributed by atoms with van der Waals surface area (Å²) in [6.45, 7) is 4.37. The summed E-state index contributed by atoms with van der Waals surface area (Å²) in [5.41, 5.74) is 1.01. The Morgan fingerprint density at radius 3 is 2.44 bits per heavy atom. The van der Waals surface area contributed by atoms with Crippen molar-refractivity contribution >= 4 is 27.5 Å². The quantitative estimate of drug-likeness (QED) is 0.484. The maximum absolute atomic E-state index is 13.7. The second-order valence-corrected chi connectivity index (χ2v) is 10.2. The van der Waals surface area contributed by atoms with E-state index in [1.54, 1.807) is 51.3 Å². The average molecular weight is 520 g/mol. The highest BCUT2D eigenvalue weighted by Crippen LogP contribution is 2.34. The molecule has 0 saturated heterocycles. The van der Waals surface area contributed by atoms with E-state index in [9.17, 15) is 18.0 Å². The molecule has 1 heterocycles. The van der Waals surface area contributed by atoms with Gasteiger partial charge in [0.15, 0.2) is 11.5 Å². The summed E-state index contributed by atoms with van der Waals surface area (Å²) in [5.74, 6) is 0.700. The number of hydrogen-bond acceptors (Lipinski definition) is 7. The summed E-state index contributed by atoms with van der Waals surface area (Å²) >= 11 is 0. The highest BCUT2D eigenvalue weighted by Gasteiger charge is 2.32. The minimum Gasteiger partial charge on any atom is -0.497 e. The molecule has 0 radical (unpaired) electrons. The van der Waals surface area contributed by atoms with Crippen molar-refractivity contribution in [2.75, 3.05) is 44.0 Å². The van der Waals surface area contributed by atoms with Crippen LogP contribution in [0.1, 0.15) is 25.8 Å². The van der Waals surface area contributed by atoms with Gasteiger partial charge in [0.2, 0.25) is 21.8 Å². The van der Waals surface area contributed by atoms with Gasteiger partial charge in [-0.25, -0.2) is 8.42 Å². The third-order valence-electron chi connectivity index (χ3n) is 5.72. The lowest BCUT2D eigenvalue weighted by Crippen LogP contribution is -2.52. The molecule has 0 aromatic heterocycles. The number of hydrogen-bond donors (Lipinski definition) is 1. The second-order valence-electron chi connectivity index (χ2n) is 8.29. The molecule has 2 aromatic rings. The van der Waals surface area contributed by atoms with E-state index < -0.39 is 28.5 Å². The molecule has 36 heavy (non-hydrogen) atoms. The molecule has 1 aliphatic heterocycles. The first-order chi connectivity index (χ1) is 17.2. The first-order valence-corrected chi connectivity index (χ1v) is 13.6. The van der Waals surface area contributed by atoms with Crippen molar-refractivity contribution in [3.8, 4) is 17.2 Å². The molecule has 0 saturated carbocycles. The van der Waals surface area contributed by atoms with Gasteiger partial charge in [-0.3, -0.25) is 13.9 Å². The number of nitrogens with one attached hydrogen (secondary N) is 1. The summed E-state index contributed by atoms with van der Waals surface area (Å²) in [6.07, 6.45) is 1.38. The maximum atomic E-state index is 13.7. The SMILES string of the molecule is CCNC(=O)[C@H](CC)N(Cc1cccc(OC)c1)C(=O)CN(c1ccc2c(c1)OCCO2)S(C)(=O)=O. The molecule has 196 valence electrons. The largest absolute Gasteiger partial charge is 0.497 e. The Hall–Kier alpha value is -3.47. The van der Waals surface area contributed by atoms with Crippen molar-refractivity contribution in [1.82, 2.24) is 10.2 Å². The number of anilines is 1. The number of rotatable bonds is 11. The van der Waals surface area contributed by atoms with Gasteiger partial charge in [-0.1, -0.05) is 19.1 Å². The van der Waals surface area contributed by atoms with Crippen molar-refractivity contribution < 1.29 is 32.2 Å². The normalized spacial score (nSPS) is 13.4. The highest BCUT2D eigenvalue weighted by atomic mass is 32.2. The molecule has 1 aliphatic rings. The number of likely N-dealkylation sites (N-methyl/N-ethyl adjacent to an activating group) is 1. The molecule has 2 aromatic carbocycles. The zero-order valence-electron chi connectivity index (χ0n) is 21.0. The summed E-state index contributed by atoms with van der Waals surface area (Å²) in [6, 6.07) is 11.1. The molecule has 2 amide bonds. The Morgan fingerprint density at radius 1 is 1.08 bits per heavy atom. The van der Waals surface area contributed by atoms with Crippen molar-refractivity contribution in [2.45, 2.75) is 32.9 Å². The number of nitrogens with zero attached hydrogens (tertiary/aromatic N) is 2. The predicted molar refractivity (Wildman–Crippen MR) is 136 cm³/mol. The molecule has 10 nitrogen and oxygen atoms in total. The van der Waals surface area contributed by atoms with E-state index in [-0.39, 0.29) is 18.1 Å². The van der Waals surface area contributed by atoms with Gasteiger partial charge in [0, 0.05) is 19.2 Å². The monoisotopic (exact) mass is 519 g/mol. The van der Waals surface area contributed by atoms with Gasteiger partial charge in [0.05, 0.1) is 19.1 Å². The van der Waals surface area contributed by atoms with Crippen LogP contribution in [0.15, 0.2) is 42.5 Å². The van der Waals surface area contributed by atoms with Crippen LogP contribution in [0.3, 0.4) is 0 Å². The Morgan fingerprint density at radius 2 is 1.81 bits per heavy atom. The molecule has 1 atom stereocenters. The topological polar surface area (TPSA) is 114 Å². The third-order valence-corrected chi connectivity index (χ3v) is 6.86. The van der Waals surface area contributed by atoms with Crippen LogP contribution in [-0.2, 0) is 26.2 Å². The molecular formula is C25H33N3O7S.